The third kappa shape index (κ3) is 0.686. The topological polar surface area (TPSA) is 27.6 Å². The minimum absolute atomic E-state index is 0.855. The van der Waals surface area contributed by atoms with Crippen LogP contribution in [0.4, 0.5) is 0 Å². The zero-order chi connectivity index (χ0) is 6.10. The Labute approximate surface area is 54.1 Å². The Morgan fingerprint density at radius 2 is 2.67 bits per heavy atom. The van der Waals surface area contributed by atoms with E-state index in [0.717, 1.165) is 19.8 Å². The third-order valence-corrected chi connectivity index (χ3v) is 1.62. The number of hydrogen-bond acceptors (Lipinski definition) is 3. The van der Waals surface area contributed by atoms with Gasteiger partial charge in [-0.2, -0.15) is 0 Å². The van der Waals surface area contributed by atoms with Gasteiger partial charge in [-0.25, -0.2) is 0 Å². The molecule has 0 radical (unpaired) electrons. The lowest BCUT2D eigenvalue weighted by molar-refractivity contribution is 0.372. The van der Waals surface area contributed by atoms with E-state index in [4.69, 9.17) is 0 Å². The molecule has 3 heteroatoms. The lowest BCUT2D eigenvalue weighted by Gasteiger charge is -2.22. The van der Waals surface area contributed by atoms with Crippen molar-refractivity contribution in [3.8, 4) is 0 Å². The van der Waals surface area contributed by atoms with Gasteiger partial charge in [-0.3, -0.25) is 4.99 Å². The molecule has 2 heterocycles. The average Bonchev–Trinajstić information content (AvgIpc) is 2.33. The number of nitrogens with zero attached hydrogens (tertiary/aromatic N) is 2. The second-order valence-corrected chi connectivity index (χ2v) is 2.24. The van der Waals surface area contributed by atoms with E-state index in [2.05, 4.69) is 15.2 Å². The highest BCUT2D eigenvalue weighted by molar-refractivity contribution is 5.79. The molecular weight excluding hydrogens is 114 g/mol. The standard InChI is InChI=1S/C6H9N3/c1-2-9-5-8-4-6(9)3-7-1/h3-4,7H,1-2,5H2. The van der Waals surface area contributed by atoms with Gasteiger partial charge >= 0.3 is 0 Å². The number of fused-ring (bicyclic) bond motifs is 1. The fourth-order valence-corrected chi connectivity index (χ4v) is 1.10. The van der Waals surface area contributed by atoms with E-state index in [1.165, 1.54) is 5.70 Å². The van der Waals surface area contributed by atoms with E-state index < -0.39 is 0 Å². The van der Waals surface area contributed by atoms with Crippen molar-refractivity contribution < 1.29 is 0 Å². The first-order valence-electron chi connectivity index (χ1n) is 3.15. The molecule has 2 rings (SSSR count). The zero-order valence-corrected chi connectivity index (χ0v) is 5.17. The van der Waals surface area contributed by atoms with Crippen LogP contribution < -0.4 is 5.32 Å². The van der Waals surface area contributed by atoms with Gasteiger partial charge in [0.05, 0.1) is 5.70 Å². The van der Waals surface area contributed by atoms with Crippen LogP contribution in [0.25, 0.3) is 0 Å². The fourth-order valence-electron chi connectivity index (χ4n) is 1.10. The Hall–Kier alpha value is -0.990. The van der Waals surface area contributed by atoms with Crippen molar-refractivity contribution in [3.05, 3.63) is 11.9 Å². The summed E-state index contributed by atoms with van der Waals surface area (Å²) in [6.45, 7) is 2.99. The highest BCUT2D eigenvalue weighted by Gasteiger charge is 2.13. The number of aliphatic imine (C=N–C) groups is 1. The van der Waals surface area contributed by atoms with Gasteiger partial charge < -0.3 is 10.2 Å². The maximum absolute atomic E-state index is 4.12. The Bertz CT molecular complexity index is 171. The van der Waals surface area contributed by atoms with Crippen molar-refractivity contribution >= 4 is 6.21 Å². The molecule has 0 atom stereocenters. The smallest absolute Gasteiger partial charge is 0.110 e. The van der Waals surface area contributed by atoms with Crippen LogP contribution in [0.15, 0.2) is 16.9 Å². The summed E-state index contributed by atoms with van der Waals surface area (Å²) in [5.74, 6) is 0. The van der Waals surface area contributed by atoms with E-state index in [1.54, 1.807) is 0 Å². The molecular formula is C6H9N3. The Balaban J connectivity index is 2.23. The van der Waals surface area contributed by atoms with Crippen LogP contribution in [-0.2, 0) is 0 Å². The molecule has 0 aromatic rings. The van der Waals surface area contributed by atoms with Gasteiger partial charge in [0.1, 0.15) is 6.67 Å². The SMILES string of the molecule is C1=NCN2CCNC=C12. The lowest BCUT2D eigenvalue weighted by Crippen LogP contribution is -2.33. The molecule has 2 aliphatic rings. The molecule has 3 nitrogen and oxygen atoms in total. The van der Waals surface area contributed by atoms with Crippen molar-refractivity contribution in [2.24, 2.45) is 4.99 Å². The van der Waals surface area contributed by atoms with E-state index in [1.807, 2.05) is 12.4 Å². The van der Waals surface area contributed by atoms with Crippen LogP contribution in [0.3, 0.4) is 0 Å². The molecule has 0 fully saturated rings. The maximum atomic E-state index is 4.12. The molecule has 0 bridgehead atoms. The van der Waals surface area contributed by atoms with Crippen molar-refractivity contribution in [2.75, 3.05) is 19.8 Å². The first kappa shape index (κ1) is 4.85. The van der Waals surface area contributed by atoms with Crippen molar-refractivity contribution in [1.82, 2.24) is 10.2 Å². The molecule has 48 valence electrons. The normalized spacial score (nSPS) is 23.1. The summed E-state index contributed by atoms with van der Waals surface area (Å²) < 4.78 is 0. The number of allylic oxidation sites excluding steroid dienone is 1. The first-order chi connectivity index (χ1) is 4.47. The molecule has 9 heavy (non-hydrogen) atoms. The molecule has 1 N–H and O–H groups in total. The van der Waals surface area contributed by atoms with Crippen LogP contribution in [0.2, 0.25) is 0 Å². The van der Waals surface area contributed by atoms with Crippen molar-refractivity contribution in [1.29, 1.82) is 0 Å². The van der Waals surface area contributed by atoms with E-state index in [-0.39, 0.29) is 0 Å². The largest absolute Gasteiger partial charge is 0.387 e. The first-order valence-corrected chi connectivity index (χ1v) is 3.15. The van der Waals surface area contributed by atoms with Gasteiger partial charge in [-0.1, -0.05) is 0 Å². The summed E-state index contributed by atoms with van der Waals surface area (Å²) in [5, 5.41) is 3.16. The quantitative estimate of drug-likeness (QED) is 0.482. The highest BCUT2D eigenvalue weighted by atomic mass is 15.3. The summed E-state index contributed by atoms with van der Waals surface area (Å²) in [6, 6.07) is 0. The summed E-state index contributed by atoms with van der Waals surface area (Å²) in [6.07, 6.45) is 3.92. The molecule has 0 aliphatic carbocycles. The number of rotatable bonds is 0. The van der Waals surface area contributed by atoms with Crippen LogP contribution >= 0.6 is 0 Å². The minimum atomic E-state index is 0.855. The summed E-state index contributed by atoms with van der Waals surface area (Å²) in [5.41, 5.74) is 1.22. The fraction of sp³-hybridized carbons (Fsp3) is 0.500. The number of hydrogen-bond donors (Lipinski definition) is 1. The Morgan fingerprint density at radius 1 is 1.67 bits per heavy atom. The second kappa shape index (κ2) is 1.76. The van der Waals surface area contributed by atoms with Crippen molar-refractivity contribution in [3.63, 3.8) is 0 Å². The lowest BCUT2D eigenvalue weighted by atomic mass is 10.4. The minimum Gasteiger partial charge on any atom is -0.387 e. The van der Waals surface area contributed by atoms with Crippen LogP contribution in [0.1, 0.15) is 0 Å². The molecule has 0 spiro atoms. The predicted octanol–water partition coefficient (Wildman–Crippen LogP) is -0.225. The molecule has 2 aliphatic heterocycles. The van der Waals surface area contributed by atoms with Gasteiger partial charge in [0, 0.05) is 25.5 Å². The molecule has 0 saturated carbocycles. The van der Waals surface area contributed by atoms with Crippen LogP contribution in [0.5, 0.6) is 0 Å². The van der Waals surface area contributed by atoms with Gasteiger partial charge in [0.25, 0.3) is 0 Å². The molecule has 0 aromatic carbocycles. The van der Waals surface area contributed by atoms with Gasteiger partial charge in [-0.15, -0.1) is 0 Å². The third-order valence-electron chi connectivity index (χ3n) is 1.62. The Morgan fingerprint density at radius 3 is 3.56 bits per heavy atom. The van der Waals surface area contributed by atoms with E-state index in [0.29, 0.717) is 0 Å². The number of nitrogens with one attached hydrogen (secondary N) is 1. The highest BCUT2D eigenvalue weighted by Crippen LogP contribution is 2.08. The molecule has 0 unspecified atom stereocenters. The van der Waals surface area contributed by atoms with Gasteiger partial charge in [0.2, 0.25) is 0 Å². The average molecular weight is 123 g/mol. The van der Waals surface area contributed by atoms with Gasteiger partial charge in [-0.05, 0) is 0 Å². The van der Waals surface area contributed by atoms with E-state index >= 15 is 0 Å². The Kier molecular flexibility index (Phi) is 0.946. The zero-order valence-electron chi connectivity index (χ0n) is 5.17. The van der Waals surface area contributed by atoms with Crippen LogP contribution in [0, 0.1) is 0 Å². The molecule has 0 aromatic heterocycles. The summed E-state index contributed by atoms with van der Waals surface area (Å²) >= 11 is 0. The predicted molar refractivity (Wildman–Crippen MR) is 36.2 cm³/mol. The van der Waals surface area contributed by atoms with Crippen LogP contribution in [-0.4, -0.2) is 30.9 Å². The molecule has 0 amide bonds. The monoisotopic (exact) mass is 123 g/mol. The van der Waals surface area contributed by atoms with Gasteiger partial charge in [0.15, 0.2) is 0 Å². The van der Waals surface area contributed by atoms with Crippen molar-refractivity contribution in [2.45, 2.75) is 0 Å². The molecule has 0 saturated heterocycles. The van der Waals surface area contributed by atoms with E-state index in [9.17, 15) is 0 Å². The summed E-state index contributed by atoms with van der Waals surface area (Å²) in [4.78, 5) is 6.37. The maximum Gasteiger partial charge on any atom is 0.110 e. The summed E-state index contributed by atoms with van der Waals surface area (Å²) in [7, 11) is 0. The second-order valence-electron chi connectivity index (χ2n) is 2.24.